The fraction of sp³-hybridized carbons (Fsp3) is 0.538. The highest BCUT2D eigenvalue weighted by Crippen LogP contribution is 2.58. The molecule has 1 saturated carbocycles. The number of nitrogens with two attached hydrogens (primary N) is 1. The Labute approximate surface area is 91.1 Å². The average Bonchev–Trinajstić information content (AvgIpc) is 2.93. The van der Waals surface area contributed by atoms with Crippen LogP contribution in [0.3, 0.4) is 0 Å². The zero-order valence-electron chi connectivity index (χ0n) is 9.40. The fourth-order valence-corrected chi connectivity index (χ4v) is 2.83. The molecule has 0 spiro atoms. The summed E-state index contributed by atoms with van der Waals surface area (Å²) in [6.45, 7) is 5.22. The van der Waals surface area contributed by atoms with Crippen molar-refractivity contribution in [3.63, 3.8) is 0 Å². The van der Waals surface area contributed by atoms with Crippen molar-refractivity contribution >= 4 is 0 Å². The molecule has 0 bridgehead atoms. The molecule has 1 aromatic rings. The Morgan fingerprint density at radius 2 is 2.27 bits per heavy atom. The monoisotopic (exact) mass is 205 g/mol. The summed E-state index contributed by atoms with van der Waals surface area (Å²) in [4.78, 5) is 0. The lowest BCUT2D eigenvalue weighted by atomic mass is 9.82. The van der Waals surface area contributed by atoms with E-state index in [1.54, 1.807) is 6.07 Å². The molecule has 15 heavy (non-hydrogen) atoms. The largest absolute Gasteiger partial charge is 0.508 e. The lowest BCUT2D eigenvalue weighted by molar-refractivity contribution is 0.435. The zero-order chi connectivity index (χ0) is 11.1. The zero-order valence-corrected chi connectivity index (χ0v) is 9.40. The normalized spacial score (nSPS) is 29.5. The molecule has 0 heterocycles. The molecule has 0 radical (unpaired) electrons. The molecular formula is C13H19NO. The van der Waals surface area contributed by atoms with Crippen LogP contribution in [0.5, 0.6) is 5.75 Å². The van der Waals surface area contributed by atoms with Gasteiger partial charge in [-0.1, -0.05) is 26.0 Å². The first-order valence-electron chi connectivity index (χ1n) is 5.61. The summed E-state index contributed by atoms with van der Waals surface area (Å²) in [5.74, 6) is 1.52. The summed E-state index contributed by atoms with van der Waals surface area (Å²) in [7, 11) is 0. The summed E-state index contributed by atoms with van der Waals surface area (Å²) in [6.07, 6.45) is 1.16. The minimum absolute atomic E-state index is 0.216. The van der Waals surface area contributed by atoms with Gasteiger partial charge in [0.1, 0.15) is 5.75 Å². The summed E-state index contributed by atoms with van der Waals surface area (Å²) in [5, 5.41) is 9.51. The van der Waals surface area contributed by atoms with E-state index in [0.717, 1.165) is 13.0 Å². The topological polar surface area (TPSA) is 46.2 Å². The Bertz CT molecular complexity index is 361. The lowest BCUT2D eigenvalue weighted by Gasteiger charge is -2.22. The maximum atomic E-state index is 9.51. The number of aromatic hydroxyl groups is 1. The van der Waals surface area contributed by atoms with Crippen molar-refractivity contribution in [1.29, 1.82) is 0 Å². The minimum Gasteiger partial charge on any atom is -0.508 e. The molecule has 0 amide bonds. The molecule has 2 heteroatoms. The molecule has 1 unspecified atom stereocenters. The van der Waals surface area contributed by atoms with Crippen molar-refractivity contribution in [1.82, 2.24) is 0 Å². The van der Waals surface area contributed by atoms with Gasteiger partial charge in [-0.05, 0) is 42.5 Å². The maximum absolute atomic E-state index is 9.51. The Kier molecular flexibility index (Phi) is 2.47. The van der Waals surface area contributed by atoms with E-state index in [2.05, 4.69) is 19.9 Å². The minimum atomic E-state index is 0.216. The maximum Gasteiger partial charge on any atom is 0.115 e. The molecule has 0 saturated heterocycles. The van der Waals surface area contributed by atoms with Crippen LogP contribution in [0.15, 0.2) is 24.3 Å². The predicted molar refractivity (Wildman–Crippen MR) is 61.8 cm³/mol. The first kappa shape index (κ1) is 10.5. The van der Waals surface area contributed by atoms with Crippen LogP contribution >= 0.6 is 0 Å². The van der Waals surface area contributed by atoms with Crippen LogP contribution < -0.4 is 5.73 Å². The molecule has 1 aliphatic carbocycles. The molecule has 82 valence electrons. The predicted octanol–water partition coefficient (Wildman–Crippen LogP) is 2.26. The Morgan fingerprint density at radius 3 is 2.73 bits per heavy atom. The van der Waals surface area contributed by atoms with Crippen LogP contribution in [0.4, 0.5) is 0 Å². The highest BCUT2D eigenvalue weighted by molar-refractivity contribution is 5.39. The molecule has 1 aliphatic rings. The van der Waals surface area contributed by atoms with E-state index in [1.165, 1.54) is 5.56 Å². The molecule has 0 aliphatic heterocycles. The van der Waals surface area contributed by atoms with E-state index in [1.807, 2.05) is 12.1 Å². The molecule has 0 aromatic heterocycles. The van der Waals surface area contributed by atoms with Gasteiger partial charge in [-0.15, -0.1) is 0 Å². The van der Waals surface area contributed by atoms with Gasteiger partial charge < -0.3 is 10.8 Å². The molecule has 2 atom stereocenters. The summed E-state index contributed by atoms with van der Waals surface area (Å²) < 4.78 is 0. The van der Waals surface area contributed by atoms with Gasteiger partial charge in [0.2, 0.25) is 0 Å². The summed E-state index contributed by atoms with van der Waals surface area (Å²) in [6, 6.07) is 7.63. The van der Waals surface area contributed by atoms with Gasteiger partial charge in [-0.2, -0.15) is 0 Å². The smallest absolute Gasteiger partial charge is 0.115 e. The highest BCUT2D eigenvalue weighted by Gasteiger charge is 2.56. The van der Waals surface area contributed by atoms with Gasteiger partial charge in [0, 0.05) is 5.41 Å². The van der Waals surface area contributed by atoms with Crippen molar-refractivity contribution in [2.24, 2.45) is 17.6 Å². The number of rotatable bonds is 3. The lowest BCUT2D eigenvalue weighted by Crippen LogP contribution is -2.21. The summed E-state index contributed by atoms with van der Waals surface area (Å²) in [5.41, 5.74) is 7.22. The van der Waals surface area contributed by atoms with Gasteiger partial charge in [-0.3, -0.25) is 0 Å². The molecule has 1 aromatic carbocycles. The number of hydrogen-bond acceptors (Lipinski definition) is 2. The van der Waals surface area contributed by atoms with Gasteiger partial charge >= 0.3 is 0 Å². The van der Waals surface area contributed by atoms with E-state index >= 15 is 0 Å². The van der Waals surface area contributed by atoms with E-state index in [0.29, 0.717) is 17.6 Å². The number of phenols is 1. The van der Waals surface area contributed by atoms with E-state index in [4.69, 9.17) is 5.73 Å². The second-order valence-corrected chi connectivity index (χ2v) is 4.88. The average molecular weight is 205 g/mol. The van der Waals surface area contributed by atoms with Crippen molar-refractivity contribution in [3.8, 4) is 5.75 Å². The fourth-order valence-electron chi connectivity index (χ4n) is 2.83. The van der Waals surface area contributed by atoms with Gasteiger partial charge in [0.25, 0.3) is 0 Å². The third kappa shape index (κ3) is 1.53. The van der Waals surface area contributed by atoms with Crippen LogP contribution in [-0.4, -0.2) is 11.7 Å². The second kappa shape index (κ2) is 3.53. The van der Waals surface area contributed by atoms with Crippen LogP contribution in [-0.2, 0) is 5.41 Å². The summed E-state index contributed by atoms with van der Waals surface area (Å²) >= 11 is 0. The second-order valence-electron chi connectivity index (χ2n) is 4.88. The Morgan fingerprint density at radius 1 is 1.53 bits per heavy atom. The van der Waals surface area contributed by atoms with E-state index < -0.39 is 0 Å². The van der Waals surface area contributed by atoms with Crippen molar-refractivity contribution in [3.05, 3.63) is 29.8 Å². The van der Waals surface area contributed by atoms with Crippen LogP contribution in [0.25, 0.3) is 0 Å². The first-order chi connectivity index (χ1) is 7.11. The molecule has 2 rings (SSSR count). The van der Waals surface area contributed by atoms with Crippen molar-refractivity contribution in [2.45, 2.75) is 25.7 Å². The van der Waals surface area contributed by atoms with Crippen LogP contribution in [0.1, 0.15) is 25.8 Å². The van der Waals surface area contributed by atoms with Crippen molar-refractivity contribution in [2.75, 3.05) is 6.54 Å². The standard InChI is InChI=1S/C13H19NO/c1-9(2)13(7-11(13)8-14)10-4-3-5-12(15)6-10/h3-6,9,11,15H,7-8,14H2,1-2H3/t11-,13?/m0/s1. The Balaban J connectivity index is 2.36. The third-order valence-electron chi connectivity index (χ3n) is 3.85. The SMILES string of the molecule is CC(C)C1(c2cccc(O)c2)C[C@H]1CN. The van der Waals surface area contributed by atoms with Gasteiger partial charge in [0.05, 0.1) is 0 Å². The molecule has 1 fully saturated rings. The quantitative estimate of drug-likeness (QED) is 0.795. The van der Waals surface area contributed by atoms with Crippen LogP contribution in [0, 0.1) is 11.8 Å². The van der Waals surface area contributed by atoms with E-state index in [9.17, 15) is 5.11 Å². The number of benzene rings is 1. The van der Waals surface area contributed by atoms with Gasteiger partial charge in [-0.25, -0.2) is 0 Å². The third-order valence-corrected chi connectivity index (χ3v) is 3.85. The number of phenolic OH excluding ortho intramolecular Hbond substituents is 1. The molecule has 2 nitrogen and oxygen atoms in total. The molecule has 3 N–H and O–H groups in total. The highest BCUT2D eigenvalue weighted by atomic mass is 16.3. The van der Waals surface area contributed by atoms with Gasteiger partial charge in [0.15, 0.2) is 0 Å². The van der Waals surface area contributed by atoms with Crippen LogP contribution in [0.2, 0.25) is 0 Å². The molecular weight excluding hydrogens is 186 g/mol. The Hall–Kier alpha value is -1.02. The van der Waals surface area contributed by atoms with E-state index in [-0.39, 0.29) is 5.41 Å². The first-order valence-corrected chi connectivity index (χ1v) is 5.61. The van der Waals surface area contributed by atoms with Crippen molar-refractivity contribution < 1.29 is 5.11 Å². The number of hydrogen-bond donors (Lipinski definition) is 2.